The van der Waals surface area contributed by atoms with Crippen LogP contribution in [-0.4, -0.2) is 19.3 Å². The molecule has 0 atom stereocenters. The minimum Gasteiger partial charge on any atom is -0.381 e. The summed E-state index contributed by atoms with van der Waals surface area (Å²) in [5.41, 5.74) is 1.25. The van der Waals surface area contributed by atoms with E-state index in [-0.39, 0.29) is 11.9 Å². The Balaban J connectivity index is 2.14. The van der Waals surface area contributed by atoms with Crippen molar-refractivity contribution in [1.82, 2.24) is 0 Å². The Labute approximate surface area is 99.7 Å². The lowest BCUT2D eigenvalue weighted by Gasteiger charge is -2.25. The van der Waals surface area contributed by atoms with Crippen molar-refractivity contribution in [2.75, 3.05) is 18.5 Å². The van der Waals surface area contributed by atoms with Crippen molar-refractivity contribution in [2.24, 2.45) is 0 Å². The Bertz CT molecular complexity index is 354. The maximum atomic E-state index is 13.7. The van der Waals surface area contributed by atoms with Crippen molar-refractivity contribution in [3.8, 4) is 0 Å². The minimum absolute atomic E-state index is 0.253. The molecule has 0 aromatic heterocycles. The van der Waals surface area contributed by atoms with Gasteiger partial charge in [0.05, 0.1) is 10.7 Å². The normalized spacial score (nSPS) is 17.4. The van der Waals surface area contributed by atoms with Crippen LogP contribution in [0.2, 0.25) is 5.02 Å². The summed E-state index contributed by atoms with van der Waals surface area (Å²) in [5.74, 6) is -0.281. The molecule has 0 radical (unpaired) electrons. The monoisotopic (exact) mass is 243 g/mol. The van der Waals surface area contributed by atoms with Gasteiger partial charge in [-0.1, -0.05) is 11.6 Å². The van der Waals surface area contributed by atoms with E-state index in [1.807, 2.05) is 6.92 Å². The Morgan fingerprint density at radius 3 is 2.69 bits per heavy atom. The van der Waals surface area contributed by atoms with E-state index in [1.54, 1.807) is 6.07 Å². The zero-order chi connectivity index (χ0) is 11.5. The highest BCUT2D eigenvalue weighted by Gasteiger charge is 2.17. The lowest BCUT2D eigenvalue weighted by Crippen LogP contribution is -2.28. The number of aryl methyl sites for hydroxylation is 1. The van der Waals surface area contributed by atoms with E-state index < -0.39 is 0 Å². The second-order valence-corrected chi connectivity index (χ2v) is 4.54. The van der Waals surface area contributed by atoms with E-state index in [1.165, 1.54) is 6.07 Å². The largest absolute Gasteiger partial charge is 0.381 e. The molecule has 0 unspecified atom stereocenters. The summed E-state index contributed by atoms with van der Waals surface area (Å²) in [6.45, 7) is 3.28. The SMILES string of the molecule is Cc1cc(F)c(NC2CCOCC2)c(Cl)c1. The molecule has 1 aliphatic heterocycles. The predicted octanol–water partition coefficient (Wildman–Crippen LogP) is 3.38. The van der Waals surface area contributed by atoms with Crippen molar-refractivity contribution in [1.29, 1.82) is 0 Å². The first-order valence-electron chi connectivity index (χ1n) is 5.47. The van der Waals surface area contributed by atoms with Crippen LogP contribution in [-0.2, 0) is 4.74 Å². The quantitative estimate of drug-likeness (QED) is 0.860. The fourth-order valence-corrected chi connectivity index (χ4v) is 2.20. The third-order valence-electron chi connectivity index (χ3n) is 2.76. The third kappa shape index (κ3) is 2.66. The summed E-state index contributed by atoms with van der Waals surface area (Å²) >= 11 is 6.02. The highest BCUT2D eigenvalue weighted by atomic mass is 35.5. The van der Waals surface area contributed by atoms with Crippen LogP contribution in [0.4, 0.5) is 10.1 Å². The number of nitrogens with one attached hydrogen (secondary N) is 1. The van der Waals surface area contributed by atoms with Crippen molar-refractivity contribution < 1.29 is 9.13 Å². The van der Waals surface area contributed by atoms with Gasteiger partial charge in [-0.15, -0.1) is 0 Å². The van der Waals surface area contributed by atoms with Crippen LogP contribution in [0.15, 0.2) is 12.1 Å². The first kappa shape index (κ1) is 11.7. The van der Waals surface area contributed by atoms with Crippen LogP contribution in [0, 0.1) is 12.7 Å². The highest BCUT2D eigenvalue weighted by molar-refractivity contribution is 6.33. The molecule has 0 amide bonds. The average Bonchev–Trinajstić information content (AvgIpc) is 2.25. The molecule has 0 aliphatic carbocycles. The molecule has 1 aromatic carbocycles. The van der Waals surface area contributed by atoms with Crippen molar-refractivity contribution in [2.45, 2.75) is 25.8 Å². The summed E-state index contributed by atoms with van der Waals surface area (Å²) in [4.78, 5) is 0. The molecule has 1 aromatic rings. The van der Waals surface area contributed by atoms with Gasteiger partial charge in [0.2, 0.25) is 0 Å². The van der Waals surface area contributed by atoms with Gasteiger partial charge in [0.25, 0.3) is 0 Å². The van der Waals surface area contributed by atoms with Crippen molar-refractivity contribution in [3.63, 3.8) is 0 Å². The smallest absolute Gasteiger partial charge is 0.148 e. The van der Waals surface area contributed by atoms with E-state index in [4.69, 9.17) is 16.3 Å². The van der Waals surface area contributed by atoms with Crippen LogP contribution in [0.25, 0.3) is 0 Å². The summed E-state index contributed by atoms with van der Waals surface area (Å²) in [5, 5.41) is 3.61. The molecule has 2 rings (SSSR count). The number of ether oxygens (including phenoxy) is 1. The Hall–Kier alpha value is -0.800. The molecular weight excluding hydrogens is 229 g/mol. The van der Waals surface area contributed by atoms with Gasteiger partial charge in [0, 0.05) is 19.3 Å². The van der Waals surface area contributed by atoms with Crippen LogP contribution >= 0.6 is 11.6 Å². The summed E-state index contributed by atoms with van der Waals surface area (Å²) < 4.78 is 18.9. The number of hydrogen-bond donors (Lipinski definition) is 1. The van der Waals surface area contributed by atoms with Gasteiger partial charge >= 0.3 is 0 Å². The number of benzene rings is 1. The first-order valence-corrected chi connectivity index (χ1v) is 5.84. The molecule has 0 spiro atoms. The average molecular weight is 244 g/mol. The zero-order valence-corrected chi connectivity index (χ0v) is 9.98. The molecular formula is C12H15ClFNO. The lowest BCUT2D eigenvalue weighted by atomic mass is 10.1. The zero-order valence-electron chi connectivity index (χ0n) is 9.22. The maximum Gasteiger partial charge on any atom is 0.148 e. The Kier molecular flexibility index (Phi) is 3.66. The molecule has 88 valence electrons. The van der Waals surface area contributed by atoms with Gasteiger partial charge in [-0.25, -0.2) is 4.39 Å². The number of rotatable bonds is 2. The molecule has 1 N–H and O–H groups in total. The van der Waals surface area contributed by atoms with Gasteiger partial charge in [0.15, 0.2) is 0 Å². The summed E-state index contributed by atoms with van der Waals surface area (Å²) in [7, 11) is 0. The minimum atomic E-state index is -0.281. The lowest BCUT2D eigenvalue weighted by molar-refractivity contribution is 0.0904. The first-order chi connectivity index (χ1) is 7.66. The van der Waals surface area contributed by atoms with Crippen molar-refractivity contribution >= 4 is 17.3 Å². The Morgan fingerprint density at radius 1 is 1.38 bits per heavy atom. The van der Waals surface area contributed by atoms with Crippen LogP contribution in [0.5, 0.6) is 0 Å². The summed E-state index contributed by atoms with van der Waals surface area (Å²) in [6, 6.07) is 3.52. The van der Waals surface area contributed by atoms with Gasteiger partial charge in [-0.3, -0.25) is 0 Å². The number of hydrogen-bond acceptors (Lipinski definition) is 2. The van der Waals surface area contributed by atoms with Gasteiger partial charge in [0.1, 0.15) is 5.82 Å². The third-order valence-corrected chi connectivity index (χ3v) is 3.05. The molecule has 2 nitrogen and oxygen atoms in total. The van der Waals surface area contributed by atoms with E-state index in [9.17, 15) is 4.39 Å². The van der Waals surface area contributed by atoms with Crippen LogP contribution in [0.3, 0.4) is 0 Å². The molecule has 16 heavy (non-hydrogen) atoms. The molecule has 4 heteroatoms. The molecule has 0 bridgehead atoms. The summed E-state index contributed by atoms with van der Waals surface area (Å²) in [6.07, 6.45) is 1.79. The highest BCUT2D eigenvalue weighted by Crippen LogP contribution is 2.28. The van der Waals surface area contributed by atoms with Gasteiger partial charge < -0.3 is 10.1 Å². The van der Waals surface area contributed by atoms with E-state index >= 15 is 0 Å². The predicted molar refractivity (Wildman–Crippen MR) is 63.6 cm³/mol. The van der Waals surface area contributed by atoms with E-state index in [2.05, 4.69) is 5.32 Å². The maximum absolute atomic E-state index is 13.7. The number of halogens is 2. The van der Waals surface area contributed by atoms with Gasteiger partial charge in [-0.05, 0) is 37.5 Å². The standard InChI is InChI=1S/C12H15ClFNO/c1-8-6-10(13)12(11(14)7-8)15-9-2-4-16-5-3-9/h6-7,9,15H,2-5H2,1H3. The fraction of sp³-hybridized carbons (Fsp3) is 0.500. The van der Waals surface area contributed by atoms with Gasteiger partial charge in [-0.2, -0.15) is 0 Å². The molecule has 1 saturated heterocycles. The molecule has 1 heterocycles. The Morgan fingerprint density at radius 2 is 2.06 bits per heavy atom. The number of anilines is 1. The van der Waals surface area contributed by atoms with Crippen molar-refractivity contribution in [3.05, 3.63) is 28.5 Å². The van der Waals surface area contributed by atoms with Crippen LogP contribution < -0.4 is 5.32 Å². The van der Waals surface area contributed by atoms with E-state index in [0.29, 0.717) is 10.7 Å². The molecule has 0 saturated carbocycles. The topological polar surface area (TPSA) is 21.3 Å². The fourth-order valence-electron chi connectivity index (χ4n) is 1.88. The molecule has 1 aliphatic rings. The van der Waals surface area contributed by atoms with E-state index in [0.717, 1.165) is 31.6 Å². The molecule has 1 fully saturated rings. The second-order valence-electron chi connectivity index (χ2n) is 4.13. The second kappa shape index (κ2) is 5.02. The van der Waals surface area contributed by atoms with Crippen LogP contribution in [0.1, 0.15) is 18.4 Å².